The molecule has 0 unspecified atom stereocenters. The average molecular weight is 261 g/mol. The van der Waals surface area contributed by atoms with Gasteiger partial charge in [0.05, 0.1) is 17.1 Å². The summed E-state index contributed by atoms with van der Waals surface area (Å²) in [6.45, 7) is 7.29. The SMILES string of the molecule is CCCCNc1nc(C)cn1-c1cn(C)nc1CC. The van der Waals surface area contributed by atoms with Gasteiger partial charge in [-0.1, -0.05) is 20.3 Å². The van der Waals surface area contributed by atoms with Gasteiger partial charge in [-0.15, -0.1) is 0 Å². The molecule has 2 heterocycles. The molecule has 2 rings (SSSR count). The second-order valence-corrected chi connectivity index (χ2v) is 4.84. The second kappa shape index (κ2) is 5.91. The quantitative estimate of drug-likeness (QED) is 0.813. The van der Waals surface area contributed by atoms with E-state index in [4.69, 9.17) is 0 Å². The van der Waals surface area contributed by atoms with Crippen molar-refractivity contribution in [3.05, 3.63) is 23.8 Å². The summed E-state index contributed by atoms with van der Waals surface area (Å²) in [6, 6.07) is 0. The zero-order valence-corrected chi connectivity index (χ0v) is 12.3. The van der Waals surface area contributed by atoms with Crippen molar-refractivity contribution >= 4 is 5.95 Å². The van der Waals surface area contributed by atoms with E-state index >= 15 is 0 Å². The Labute approximate surface area is 114 Å². The number of nitrogens with one attached hydrogen (secondary N) is 1. The Bertz CT molecular complexity index is 538. The summed E-state index contributed by atoms with van der Waals surface area (Å²) >= 11 is 0. The van der Waals surface area contributed by atoms with Crippen molar-refractivity contribution in [2.75, 3.05) is 11.9 Å². The highest BCUT2D eigenvalue weighted by atomic mass is 15.3. The fourth-order valence-corrected chi connectivity index (χ4v) is 2.16. The zero-order valence-electron chi connectivity index (χ0n) is 12.3. The fourth-order valence-electron chi connectivity index (χ4n) is 2.16. The van der Waals surface area contributed by atoms with Gasteiger partial charge in [0.2, 0.25) is 5.95 Å². The normalized spacial score (nSPS) is 10.9. The van der Waals surface area contributed by atoms with Gasteiger partial charge in [-0.3, -0.25) is 9.25 Å². The first kappa shape index (κ1) is 13.6. The van der Waals surface area contributed by atoms with Crippen molar-refractivity contribution in [2.45, 2.75) is 40.0 Å². The van der Waals surface area contributed by atoms with Crippen LogP contribution in [-0.2, 0) is 13.5 Å². The molecule has 0 aliphatic rings. The molecular weight excluding hydrogens is 238 g/mol. The molecule has 0 radical (unpaired) electrons. The highest BCUT2D eigenvalue weighted by Gasteiger charge is 2.13. The van der Waals surface area contributed by atoms with Gasteiger partial charge < -0.3 is 5.32 Å². The molecule has 19 heavy (non-hydrogen) atoms. The molecule has 0 saturated heterocycles. The lowest BCUT2D eigenvalue weighted by Gasteiger charge is -2.08. The number of hydrogen-bond donors (Lipinski definition) is 1. The predicted molar refractivity (Wildman–Crippen MR) is 77.8 cm³/mol. The number of rotatable bonds is 6. The van der Waals surface area contributed by atoms with Gasteiger partial charge >= 0.3 is 0 Å². The van der Waals surface area contributed by atoms with Gasteiger partial charge in [-0.2, -0.15) is 5.10 Å². The molecule has 0 aliphatic carbocycles. The third kappa shape index (κ3) is 2.97. The number of aryl methyl sites for hydroxylation is 3. The number of hydrogen-bond acceptors (Lipinski definition) is 3. The van der Waals surface area contributed by atoms with E-state index in [2.05, 4.69) is 40.0 Å². The van der Waals surface area contributed by atoms with E-state index in [-0.39, 0.29) is 0 Å². The molecule has 0 amide bonds. The molecule has 5 heteroatoms. The summed E-state index contributed by atoms with van der Waals surface area (Å²) in [7, 11) is 1.95. The maximum Gasteiger partial charge on any atom is 0.207 e. The van der Waals surface area contributed by atoms with Crippen LogP contribution in [0.25, 0.3) is 5.69 Å². The molecule has 0 fully saturated rings. The van der Waals surface area contributed by atoms with Gasteiger partial charge in [-0.25, -0.2) is 4.98 Å². The average Bonchev–Trinajstić information content (AvgIpc) is 2.92. The van der Waals surface area contributed by atoms with Crippen LogP contribution in [0.5, 0.6) is 0 Å². The van der Waals surface area contributed by atoms with Crippen LogP contribution in [0, 0.1) is 6.92 Å². The van der Waals surface area contributed by atoms with Crippen LogP contribution in [0.15, 0.2) is 12.4 Å². The first-order valence-electron chi connectivity index (χ1n) is 6.98. The van der Waals surface area contributed by atoms with Crippen molar-refractivity contribution < 1.29 is 0 Å². The molecule has 104 valence electrons. The van der Waals surface area contributed by atoms with Gasteiger partial charge in [-0.05, 0) is 19.8 Å². The highest BCUT2D eigenvalue weighted by molar-refractivity contribution is 5.45. The van der Waals surface area contributed by atoms with Gasteiger partial charge in [0, 0.05) is 26.0 Å². The van der Waals surface area contributed by atoms with Crippen LogP contribution >= 0.6 is 0 Å². The molecule has 1 N–H and O–H groups in total. The molecule has 0 bridgehead atoms. The van der Waals surface area contributed by atoms with Gasteiger partial charge in [0.1, 0.15) is 0 Å². The Morgan fingerprint density at radius 3 is 2.74 bits per heavy atom. The first-order valence-corrected chi connectivity index (χ1v) is 6.98. The van der Waals surface area contributed by atoms with Crippen LogP contribution in [0.4, 0.5) is 5.95 Å². The van der Waals surface area contributed by atoms with E-state index in [1.807, 2.05) is 24.9 Å². The van der Waals surface area contributed by atoms with Crippen LogP contribution in [0.1, 0.15) is 38.1 Å². The van der Waals surface area contributed by atoms with Crippen LogP contribution in [0.3, 0.4) is 0 Å². The highest BCUT2D eigenvalue weighted by Crippen LogP contribution is 2.20. The number of imidazole rings is 1. The molecule has 0 aliphatic heterocycles. The van der Waals surface area contributed by atoms with E-state index in [1.54, 1.807) is 0 Å². The smallest absolute Gasteiger partial charge is 0.207 e. The first-order chi connectivity index (χ1) is 9.15. The maximum atomic E-state index is 4.56. The Morgan fingerprint density at radius 1 is 1.26 bits per heavy atom. The van der Waals surface area contributed by atoms with Crippen molar-refractivity contribution in [2.24, 2.45) is 7.05 Å². The zero-order chi connectivity index (χ0) is 13.8. The van der Waals surface area contributed by atoms with Crippen molar-refractivity contribution in [3.8, 4) is 5.69 Å². The molecular formula is C14H23N5. The summed E-state index contributed by atoms with van der Waals surface area (Å²) < 4.78 is 3.97. The minimum Gasteiger partial charge on any atom is -0.355 e. The lowest BCUT2D eigenvalue weighted by atomic mass is 10.3. The van der Waals surface area contributed by atoms with E-state index < -0.39 is 0 Å². The topological polar surface area (TPSA) is 47.7 Å². The van der Waals surface area contributed by atoms with Gasteiger partial charge in [0.25, 0.3) is 0 Å². The van der Waals surface area contributed by atoms with Crippen LogP contribution < -0.4 is 5.32 Å². The number of aromatic nitrogens is 4. The number of anilines is 1. The Morgan fingerprint density at radius 2 is 2.05 bits per heavy atom. The Kier molecular flexibility index (Phi) is 4.24. The van der Waals surface area contributed by atoms with E-state index in [0.29, 0.717) is 0 Å². The monoisotopic (exact) mass is 261 g/mol. The van der Waals surface area contributed by atoms with Crippen LogP contribution in [-0.4, -0.2) is 25.9 Å². The summed E-state index contributed by atoms with van der Waals surface area (Å²) in [6.07, 6.45) is 7.36. The number of unbranched alkanes of at least 4 members (excludes halogenated alkanes) is 1. The molecule has 2 aromatic rings. The Hall–Kier alpha value is -1.78. The molecule has 0 spiro atoms. The largest absolute Gasteiger partial charge is 0.355 e. The van der Waals surface area contributed by atoms with E-state index in [1.165, 1.54) is 6.42 Å². The summed E-state index contributed by atoms with van der Waals surface area (Å²) in [4.78, 5) is 4.56. The third-order valence-corrected chi connectivity index (χ3v) is 3.12. The summed E-state index contributed by atoms with van der Waals surface area (Å²) in [5.74, 6) is 0.911. The van der Waals surface area contributed by atoms with E-state index in [9.17, 15) is 0 Å². The van der Waals surface area contributed by atoms with Crippen LogP contribution in [0.2, 0.25) is 0 Å². The van der Waals surface area contributed by atoms with E-state index in [0.717, 1.165) is 42.4 Å². The molecule has 0 atom stereocenters. The minimum atomic E-state index is 0.911. The maximum absolute atomic E-state index is 4.56. The number of nitrogens with zero attached hydrogens (tertiary/aromatic N) is 4. The Balaban J connectivity index is 2.32. The molecule has 0 aromatic carbocycles. The second-order valence-electron chi connectivity index (χ2n) is 4.84. The third-order valence-electron chi connectivity index (χ3n) is 3.12. The standard InChI is InChI=1S/C14H23N5/c1-5-7-8-15-14-16-11(3)9-19(14)13-10-18(4)17-12(13)6-2/h9-10H,5-8H2,1-4H3,(H,15,16). The van der Waals surface area contributed by atoms with Crippen molar-refractivity contribution in [1.29, 1.82) is 0 Å². The molecule has 5 nitrogen and oxygen atoms in total. The lowest BCUT2D eigenvalue weighted by Crippen LogP contribution is -2.08. The predicted octanol–water partition coefficient (Wildman–Crippen LogP) is 2.69. The lowest BCUT2D eigenvalue weighted by molar-refractivity contribution is 0.746. The van der Waals surface area contributed by atoms with Crippen molar-refractivity contribution in [1.82, 2.24) is 19.3 Å². The fraction of sp³-hybridized carbons (Fsp3) is 0.571. The molecule has 2 aromatic heterocycles. The van der Waals surface area contributed by atoms with Gasteiger partial charge in [0.15, 0.2) is 0 Å². The van der Waals surface area contributed by atoms with Crippen molar-refractivity contribution in [3.63, 3.8) is 0 Å². The minimum absolute atomic E-state index is 0.911. The summed E-state index contributed by atoms with van der Waals surface area (Å²) in [5, 5.41) is 7.90. The summed E-state index contributed by atoms with van der Waals surface area (Å²) in [5.41, 5.74) is 3.23. The molecule has 0 saturated carbocycles.